The smallest absolute Gasteiger partial charge is 0 e. The molecule has 0 aromatic heterocycles. The summed E-state index contributed by atoms with van der Waals surface area (Å²) in [7, 11) is 0. The van der Waals surface area contributed by atoms with E-state index in [0.717, 1.165) is 0 Å². The van der Waals surface area contributed by atoms with Crippen molar-refractivity contribution in [2.24, 2.45) is 0 Å². The molecule has 4 heavy (non-hydrogen) atoms. The summed E-state index contributed by atoms with van der Waals surface area (Å²) in [5.74, 6) is 0. The molecule has 2 radical (unpaired) electrons. The van der Waals surface area contributed by atoms with Gasteiger partial charge in [0.15, 0.2) is 0 Å². The van der Waals surface area contributed by atoms with Gasteiger partial charge in [0, 0.05) is 21.7 Å². The van der Waals surface area contributed by atoms with Crippen LogP contribution in [0.2, 0.25) is 0 Å². The second kappa shape index (κ2) is 16.6. The third-order valence-corrected chi connectivity index (χ3v) is 0. The number of hydrogen-bond donors (Lipinski definition) is 0. The first-order chi connectivity index (χ1) is 0. The maximum atomic E-state index is 0. The molecule has 0 heterocycles. The molecule has 0 rings (SSSR count). The minimum absolute atomic E-state index is 0. The normalized spacial score (nSPS) is 0. The molecule has 0 saturated heterocycles. The second-order valence-corrected chi connectivity index (χ2v) is 0. The van der Waals surface area contributed by atoms with E-state index in [0.29, 0.717) is 0 Å². The van der Waals surface area contributed by atoms with Crippen LogP contribution in [-0.4, -0.2) is 78.3 Å². The zero-order chi connectivity index (χ0) is 0. The Morgan fingerprint density at radius 2 is 1.25 bits per heavy atom. The first-order valence-corrected chi connectivity index (χ1v) is 0. The molecule has 0 unspecified atom stereocenters. The largest absolute Gasteiger partial charge is 0 e. The van der Waals surface area contributed by atoms with Crippen LogP contribution in [0, 0.1) is 0 Å². The first kappa shape index (κ1) is 27.8. The molecule has 0 saturated carbocycles. The van der Waals surface area contributed by atoms with Crippen LogP contribution < -0.4 is 0 Å². The average Bonchev–Trinajstić information content (AvgIpc) is 0. The summed E-state index contributed by atoms with van der Waals surface area (Å²) in [5, 5.41) is 0. The predicted octanol–water partition coefficient (Wildman–Crippen LogP) is -1.90. The van der Waals surface area contributed by atoms with Gasteiger partial charge in [-0.2, -0.15) is 0 Å². The Morgan fingerprint density at radius 3 is 1.25 bits per heavy atom. The second-order valence-electron chi connectivity index (χ2n) is 0. The zero-order valence-corrected chi connectivity index (χ0v) is 12.5. The van der Waals surface area contributed by atoms with Crippen molar-refractivity contribution in [1.82, 2.24) is 0 Å². The maximum absolute atomic E-state index is 0. The van der Waals surface area contributed by atoms with E-state index < -0.39 is 0 Å². The average molecular weight is 326 g/mol. The van der Waals surface area contributed by atoms with Crippen molar-refractivity contribution in [3.8, 4) is 0 Å². The number of hydrogen-bond acceptors (Lipinski definition) is 0. The van der Waals surface area contributed by atoms with E-state index in [1.807, 2.05) is 0 Å². The summed E-state index contributed by atoms with van der Waals surface area (Å²) in [4.78, 5) is 0. The fourth-order valence-corrected chi connectivity index (χ4v) is 0. The minimum Gasteiger partial charge on any atom is 0 e. The minimum atomic E-state index is 0. The molecular weight excluding hydrogens is 320 g/mol. The van der Waals surface area contributed by atoms with Crippen LogP contribution in [0.1, 0.15) is 2.85 Å². The van der Waals surface area contributed by atoms with Crippen LogP contribution in [0.5, 0.6) is 0 Å². The van der Waals surface area contributed by atoms with Crippen molar-refractivity contribution in [3.05, 3.63) is 0 Å². The summed E-state index contributed by atoms with van der Waals surface area (Å²) in [5.41, 5.74) is 0. The van der Waals surface area contributed by atoms with Crippen LogP contribution in [-0.2, 0) is 21.7 Å². The van der Waals surface area contributed by atoms with Gasteiger partial charge in [-0.3, -0.25) is 0 Å². The molecule has 0 bridgehead atoms. The molecule has 0 fully saturated rings. The Kier molecular flexibility index (Phi) is 115. The van der Waals surface area contributed by atoms with E-state index in [1.165, 1.54) is 0 Å². The van der Waals surface area contributed by atoms with Crippen molar-refractivity contribution in [3.63, 3.8) is 0 Å². The molecule has 0 aromatic carbocycles. The van der Waals surface area contributed by atoms with E-state index >= 15 is 0 Å². The van der Waals surface area contributed by atoms with Crippen molar-refractivity contribution in [2.75, 3.05) is 0 Å². The van der Waals surface area contributed by atoms with Gasteiger partial charge in [0.05, 0.1) is 0 Å². The monoisotopic (exact) mass is 328 g/mol. The van der Waals surface area contributed by atoms with Gasteiger partial charge >= 0.3 is 72.8 Å². The van der Waals surface area contributed by atoms with E-state index in [1.54, 1.807) is 0 Å². The van der Waals surface area contributed by atoms with Crippen LogP contribution in [0.3, 0.4) is 0 Å². The van der Waals surface area contributed by atoms with E-state index in [9.17, 15) is 0 Å². The predicted molar refractivity (Wildman–Crippen MR) is 20.1 cm³/mol. The fraction of sp³-hybridized carbons (Fsp3) is 0. The van der Waals surface area contributed by atoms with E-state index in [4.69, 9.17) is 0 Å². The summed E-state index contributed by atoms with van der Waals surface area (Å²) >= 11 is 0. The van der Waals surface area contributed by atoms with Gasteiger partial charge in [0.1, 0.15) is 0 Å². The Morgan fingerprint density at radius 1 is 1.25 bits per heavy atom. The fourth-order valence-electron chi connectivity index (χ4n) is 0. The Hall–Kier alpha value is 3.04. The summed E-state index contributed by atoms with van der Waals surface area (Å²) in [6.45, 7) is 0. The Balaban J connectivity index is 0. The summed E-state index contributed by atoms with van der Waals surface area (Å²) < 4.78 is 0. The van der Waals surface area contributed by atoms with E-state index in [-0.39, 0.29) is 103 Å². The molecule has 1 nitrogen and oxygen atoms in total. The molecule has 0 amide bonds. The quantitative estimate of drug-likeness (QED) is 0.466. The zero-order valence-electron chi connectivity index (χ0n) is 4.41. The van der Waals surface area contributed by atoms with Gasteiger partial charge in [0.2, 0.25) is 0 Å². The molecule has 0 aliphatic heterocycles. The van der Waals surface area contributed by atoms with Crippen LogP contribution >= 0.6 is 0 Å². The van der Waals surface area contributed by atoms with Crippen LogP contribution in [0.4, 0.5) is 0 Å². The molecule has 0 aromatic rings. The van der Waals surface area contributed by atoms with Crippen molar-refractivity contribution in [1.29, 1.82) is 0 Å². The number of rotatable bonds is 0. The van der Waals surface area contributed by atoms with Crippen molar-refractivity contribution in [2.45, 2.75) is 0 Å². The molecule has 0 aliphatic carbocycles. The molecule has 0 spiro atoms. The van der Waals surface area contributed by atoms with Crippen LogP contribution in [0.25, 0.3) is 0 Å². The SMILES string of the molecule is O.[Ba+2].[H-].[H-].[SnH2].[Ti]. The van der Waals surface area contributed by atoms with Gasteiger partial charge < -0.3 is 8.33 Å². The third-order valence-electron chi connectivity index (χ3n) is 0. The molecule has 22 valence electrons. The van der Waals surface area contributed by atoms with Gasteiger partial charge in [0.25, 0.3) is 0 Å². The maximum Gasteiger partial charge on any atom is 0 e. The Labute approximate surface area is 100 Å². The topological polar surface area (TPSA) is 31.5 Å². The standard InChI is InChI=1S/Ba.H2O.Sn.Ti.4H/h;1H2;;;;;;/q+2;;;;;;2*-1. The van der Waals surface area contributed by atoms with Crippen LogP contribution in [0.15, 0.2) is 0 Å². The van der Waals surface area contributed by atoms with Gasteiger partial charge in [-0.15, -0.1) is 0 Å². The molecule has 4 heteroatoms. The van der Waals surface area contributed by atoms with Crippen molar-refractivity contribution >= 4 is 72.8 Å². The molecule has 0 atom stereocenters. The van der Waals surface area contributed by atoms with Gasteiger partial charge in [-0.05, 0) is 0 Å². The van der Waals surface area contributed by atoms with Crippen molar-refractivity contribution < 1.29 is 30.0 Å². The first-order valence-electron chi connectivity index (χ1n) is 0. The molecule has 0 aliphatic rings. The van der Waals surface area contributed by atoms with E-state index in [2.05, 4.69) is 0 Å². The van der Waals surface area contributed by atoms with Gasteiger partial charge in [-0.1, -0.05) is 0 Å². The van der Waals surface area contributed by atoms with Gasteiger partial charge in [-0.25, -0.2) is 0 Å². The molecular formula is H6BaOSnTi. The Bertz CT molecular complexity index is 13.5. The third kappa shape index (κ3) is 8.90. The summed E-state index contributed by atoms with van der Waals surface area (Å²) in [6.07, 6.45) is 0. The summed E-state index contributed by atoms with van der Waals surface area (Å²) in [6, 6.07) is 0. The molecule has 2 N–H and O–H groups in total.